The molecule has 0 aromatic heterocycles. The van der Waals surface area contributed by atoms with Crippen molar-refractivity contribution in [1.29, 1.82) is 0 Å². The minimum Gasteiger partial charge on any atom is -0.399 e. The zero-order valence-corrected chi connectivity index (χ0v) is 17.1. The number of benzene rings is 2. The first-order chi connectivity index (χ1) is 15.5. The Morgan fingerprint density at radius 2 is 1.58 bits per heavy atom. The molecule has 2 aromatic rings. The van der Waals surface area contributed by atoms with Gasteiger partial charge in [0, 0.05) is 23.5 Å². The quantitative estimate of drug-likeness (QED) is 0.407. The molecular weight excluding hydrogens is 464 g/mol. The van der Waals surface area contributed by atoms with Gasteiger partial charge in [0.15, 0.2) is 23.8 Å². The highest BCUT2D eigenvalue weighted by atomic mass is 19.4. The molecule has 0 atom stereocenters. The van der Waals surface area contributed by atoms with Crippen molar-refractivity contribution in [2.24, 2.45) is 0 Å². The Labute approximate surface area is 183 Å². The highest BCUT2D eigenvalue weighted by Gasteiger charge is 2.35. The molecule has 0 saturated carbocycles. The van der Waals surface area contributed by atoms with Crippen LogP contribution in [-0.2, 0) is 9.47 Å². The Morgan fingerprint density at radius 3 is 2.09 bits per heavy atom. The molecular formula is C22H18F8O3. The largest absolute Gasteiger partial charge is 0.573 e. The SMILES string of the molecule is CCCC(F)=C(F)c1ccc(C2COC(c3cc(F)c(OC(F)(F)F)c(F)c3)OC2)c(F)c1. The molecule has 1 aliphatic heterocycles. The van der Waals surface area contributed by atoms with Gasteiger partial charge in [-0.2, -0.15) is 0 Å². The van der Waals surface area contributed by atoms with Crippen molar-refractivity contribution < 1.29 is 49.3 Å². The van der Waals surface area contributed by atoms with Gasteiger partial charge in [-0.15, -0.1) is 13.2 Å². The van der Waals surface area contributed by atoms with Crippen LogP contribution in [0.15, 0.2) is 36.2 Å². The summed E-state index contributed by atoms with van der Waals surface area (Å²) >= 11 is 0. The summed E-state index contributed by atoms with van der Waals surface area (Å²) < 4.78 is 121. The number of halogens is 8. The third-order valence-corrected chi connectivity index (χ3v) is 4.81. The molecule has 0 spiro atoms. The molecule has 0 N–H and O–H groups in total. The average molecular weight is 482 g/mol. The molecule has 1 heterocycles. The third kappa shape index (κ3) is 6.02. The van der Waals surface area contributed by atoms with E-state index in [0.717, 1.165) is 6.07 Å². The van der Waals surface area contributed by atoms with Crippen LogP contribution in [-0.4, -0.2) is 19.6 Å². The van der Waals surface area contributed by atoms with Crippen molar-refractivity contribution in [3.05, 3.63) is 70.3 Å². The van der Waals surface area contributed by atoms with E-state index >= 15 is 0 Å². The van der Waals surface area contributed by atoms with Crippen LogP contribution in [0.2, 0.25) is 0 Å². The fourth-order valence-electron chi connectivity index (χ4n) is 3.28. The molecule has 3 rings (SSSR count). The van der Waals surface area contributed by atoms with Gasteiger partial charge in [0.05, 0.1) is 13.2 Å². The van der Waals surface area contributed by atoms with Gasteiger partial charge >= 0.3 is 6.36 Å². The molecule has 180 valence electrons. The van der Waals surface area contributed by atoms with Crippen LogP contribution in [0.5, 0.6) is 5.75 Å². The summed E-state index contributed by atoms with van der Waals surface area (Å²) in [5, 5.41) is 0. The van der Waals surface area contributed by atoms with E-state index < -0.39 is 53.4 Å². The zero-order valence-electron chi connectivity index (χ0n) is 17.1. The summed E-state index contributed by atoms with van der Waals surface area (Å²) in [5.74, 6) is -8.46. The van der Waals surface area contributed by atoms with Gasteiger partial charge in [-0.25, -0.2) is 22.0 Å². The predicted molar refractivity (Wildman–Crippen MR) is 101 cm³/mol. The lowest BCUT2D eigenvalue weighted by atomic mass is 9.97. The maximum atomic E-state index is 14.5. The molecule has 1 fully saturated rings. The topological polar surface area (TPSA) is 27.7 Å². The molecule has 3 nitrogen and oxygen atoms in total. The van der Waals surface area contributed by atoms with Gasteiger partial charge in [0.2, 0.25) is 5.75 Å². The number of hydrogen-bond donors (Lipinski definition) is 0. The smallest absolute Gasteiger partial charge is 0.399 e. The van der Waals surface area contributed by atoms with Gasteiger partial charge in [-0.1, -0.05) is 19.1 Å². The maximum absolute atomic E-state index is 14.5. The Bertz CT molecular complexity index is 1000. The summed E-state index contributed by atoms with van der Waals surface area (Å²) in [7, 11) is 0. The fraction of sp³-hybridized carbons (Fsp3) is 0.364. The Morgan fingerprint density at radius 1 is 0.970 bits per heavy atom. The van der Waals surface area contributed by atoms with Gasteiger partial charge < -0.3 is 14.2 Å². The van der Waals surface area contributed by atoms with Crippen molar-refractivity contribution in [3.8, 4) is 5.75 Å². The van der Waals surface area contributed by atoms with Gasteiger partial charge in [-0.05, 0) is 30.2 Å². The summed E-state index contributed by atoms with van der Waals surface area (Å²) in [5.41, 5.74) is -0.413. The van der Waals surface area contributed by atoms with E-state index in [9.17, 15) is 35.1 Å². The standard InChI is InChI=1S/C22H18F8O3/c1-2-3-15(23)19(27)11-4-5-14(16(24)6-11)13-9-31-21(32-10-13)12-7-17(25)20(18(26)8-12)33-22(28,29)30/h4-8,13,21H,2-3,9-10H2,1H3. The van der Waals surface area contributed by atoms with Crippen LogP contribution in [0.1, 0.15) is 48.7 Å². The van der Waals surface area contributed by atoms with Crippen LogP contribution in [0.3, 0.4) is 0 Å². The first kappa shape index (κ1) is 25.0. The Balaban J connectivity index is 1.71. The molecule has 0 radical (unpaired) electrons. The van der Waals surface area contributed by atoms with Crippen molar-refractivity contribution in [1.82, 2.24) is 0 Å². The van der Waals surface area contributed by atoms with Crippen LogP contribution < -0.4 is 4.74 Å². The minimum atomic E-state index is -5.28. The lowest BCUT2D eigenvalue weighted by Crippen LogP contribution is -2.26. The first-order valence-electron chi connectivity index (χ1n) is 9.82. The third-order valence-electron chi connectivity index (χ3n) is 4.81. The van der Waals surface area contributed by atoms with E-state index in [-0.39, 0.29) is 36.3 Å². The van der Waals surface area contributed by atoms with Gasteiger partial charge in [0.1, 0.15) is 11.6 Å². The number of hydrogen-bond acceptors (Lipinski definition) is 3. The van der Waals surface area contributed by atoms with E-state index in [1.807, 2.05) is 0 Å². The maximum Gasteiger partial charge on any atom is 0.573 e. The normalized spacial score (nSPS) is 19.9. The van der Waals surface area contributed by atoms with E-state index in [4.69, 9.17) is 9.47 Å². The molecule has 33 heavy (non-hydrogen) atoms. The molecule has 11 heteroatoms. The highest BCUT2D eigenvalue weighted by Crippen LogP contribution is 2.36. The van der Waals surface area contributed by atoms with E-state index in [2.05, 4.69) is 4.74 Å². The molecule has 0 amide bonds. The second-order valence-electron chi connectivity index (χ2n) is 7.26. The monoisotopic (exact) mass is 482 g/mol. The summed E-state index contributed by atoms with van der Waals surface area (Å²) in [6, 6.07) is 4.45. The van der Waals surface area contributed by atoms with Crippen molar-refractivity contribution >= 4 is 5.83 Å². The molecule has 1 saturated heterocycles. The first-order valence-corrected chi connectivity index (χ1v) is 9.82. The number of alkyl halides is 3. The summed E-state index contributed by atoms with van der Waals surface area (Å²) in [6.07, 6.45) is -6.35. The fourth-order valence-corrected chi connectivity index (χ4v) is 3.28. The van der Waals surface area contributed by atoms with Crippen LogP contribution in [0, 0.1) is 17.5 Å². The molecule has 1 aliphatic rings. The van der Waals surface area contributed by atoms with E-state index in [1.165, 1.54) is 12.1 Å². The van der Waals surface area contributed by atoms with Gasteiger partial charge in [-0.3, -0.25) is 0 Å². The summed E-state index contributed by atoms with van der Waals surface area (Å²) in [4.78, 5) is 0. The molecule has 0 unspecified atom stereocenters. The predicted octanol–water partition coefficient (Wildman–Crippen LogP) is 7.24. The molecule has 0 aliphatic carbocycles. The van der Waals surface area contributed by atoms with Gasteiger partial charge in [0.25, 0.3) is 0 Å². The van der Waals surface area contributed by atoms with E-state index in [1.54, 1.807) is 6.92 Å². The van der Waals surface area contributed by atoms with Crippen molar-refractivity contribution in [2.45, 2.75) is 38.3 Å². The number of ether oxygens (including phenoxy) is 3. The Hall–Kier alpha value is -2.66. The number of rotatable bonds is 6. The lowest BCUT2D eigenvalue weighted by molar-refractivity contribution is -0.276. The van der Waals surface area contributed by atoms with Crippen molar-refractivity contribution in [3.63, 3.8) is 0 Å². The van der Waals surface area contributed by atoms with Crippen molar-refractivity contribution in [2.75, 3.05) is 13.2 Å². The van der Waals surface area contributed by atoms with E-state index in [0.29, 0.717) is 18.6 Å². The number of allylic oxidation sites excluding steroid dienone is 1. The zero-order chi connectivity index (χ0) is 24.3. The Kier molecular flexibility index (Phi) is 7.63. The highest BCUT2D eigenvalue weighted by molar-refractivity contribution is 5.61. The second kappa shape index (κ2) is 10.1. The molecule has 2 aromatic carbocycles. The lowest BCUT2D eigenvalue weighted by Gasteiger charge is -2.30. The molecule has 0 bridgehead atoms. The average Bonchev–Trinajstić information content (AvgIpc) is 2.75. The van der Waals surface area contributed by atoms with Crippen LogP contribution >= 0.6 is 0 Å². The second-order valence-corrected chi connectivity index (χ2v) is 7.26. The van der Waals surface area contributed by atoms with Crippen LogP contribution in [0.4, 0.5) is 35.1 Å². The summed E-state index contributed by atoms with van der Waals surface area (Å²) in [6.45, 7) is 1.32. The van der Waals surface area contributed by atoms with Crippen LogP contribution in [0.25, 0.3) is 5.83 Å². The minimum absolute atomic E-state index is 0.0900.